The highest BCUT2D eigenvalue weighted by molar-refractivity contribution is 6.38. The van der Waals surface area contributed by atoms with E-state index in [4.69, 9.17) is 0 Å². The summed E-state index contributed by atoms with van der Waals surface area (Å²) in [6.07, 6.45) is 16.9. The van der Waals surface area contributed by atoms with Gasteiger partial charge >= 0.3 is 6.03 Å². The SMILES string of the molecule is C=C.CC/C=C\C=C/CC(NC(=O)CNC(=O)C(=O)C(CC(C)CC)NC(=O)C1CCCN1C(=O)C(NC(=O)NC(C)(C)C)C1CCCCC1)C(=O)N(C)CCC.CCC. The second-order valence-corrected chi connectivity index (χ2v) is 16.9. The fraction of sp³-hybridized carbons (Fsp3) is 0.717. The number of amides is 7. The quantitative estimate of drug-likeness (QED) is 0.0556. The standard InChI is InChI=1S/C41H69N7O7.C3H8.C2H4/c1-9-12-13-14-18-22-30(38(53)47(8)24-10-2)43-33(49)27-42-37(52)35(50)31(26-28(4)11-3)44-36(51)32-23-19-25-48(32)39(54)34(29-20-16-15-17-21-29)45-40(55)46-41(5,6)7;1-3-2;1-2/h12-14,18,28-32,34H,9-11,15-17,19-27H2,1-8H3,(H,42,52)(H,43,49)(H,44,51)(H2,45,46,55);3H2,1-2H3;1-2H2/b13-12-,18-14-;;. The zero-order valence-electron chi connectivity index (χ0n) is 38.8. The number of hydrogen-bond acceptors (Lipinski definition) is 7. The summed E-state index contributed by atoms with van der Waals surface area (Å²) < 4.78 is 0. The van der Waals surface area contributed by atoms with E-state index in [0.717, 1.165) is 44.9 Å². The van der Waals surface area contributed by atoms with Crippen molar-refractivity contribution in [2.45, 2.75) is 175 Å². The number of carbonyl (C=O) groups is 7. The Morgan fingerprint density at radius 1 is 0.833 bits per heavy atom. The summed E-state index contributed by atoms with van der Waals surface area (Å²) in [5.41, 5.74) is -0.510. The van der Waals surface area contributed by atoms with Crippen molar-refractivity contribution < 1.29 is 33.6 Å². The topological polar surface area (TPSA) is 186 Å². The number of likely N-dealkylation sites (tertiary alicyclic amines) is 1. The lowest BCUT2D eigenvalue weighted by molar-refractivity contribution is -0.143. The van der Waals surface area contributed by atoms with Crippen LogP contribution in [0, 0.1) is 11.8 Å². The Morgan fingerprint density at radius 2 is 1.45 bits per heavy atom. The van der Waals surface area contributed by atoms with Gasteiger partial charge in [-0.15, -0.1) is 13.2 Å². The van der Waals surface area contributed by atoms with Crippen LogP contribution in [0.2, 0.25) is 0 Å². The molecule has 0 spiro atoms. The molecule has 1 aliphatic carbocycles. The highest BCUT2D eigenvalue weighted by atomic mass is 16.2. The molecule has 1 heterocycles. The minimum atomic E-state index is -1.19. The molecule has 0 aromatic rings. The van der Waals surface area contributed by atoms with Crippen LogP contribution in [-0.4, -0.2) is 108 Å². The molecule has 7 amide bonds. The maximum atomic E-state index is 14.2. The number of Topliss-reactive ketones (excluding diaryl/α,β-unsaturated/α-hetero) is 1. The molecular weight excluding hydrogens is 763 g/mol. The first kappa shape index (κ1) is 55.5. The molecule has 5 N–H and O–H groups in total. The van der Waals surface area contributed by atoms with E-state index in [-0.39, 0.29) is 36.5 Å². The van der Waals surface area contributed by atoms with Crippen LogP contribution in [0.25, 0.3) is 0 Å². The van der Waals surface area contributed by atoms with Gasteiger partial charge in [-0.1, -0.05) is 98.0 Å². The Bertz CT molecular complexity index is 1400. The molecule has 1 saturated heterocycles. The molecule has 14 heteroatoms. The Labute approximate surface area is 361 Å². The third-order valence-corrected chi connectivity index (χ3v) is 10.2. The van der Waals surface area contributed by atoms with Crippen LogP contribution in [0.3, 0.4) is 0 Å². The normalized spacial score (nSPS) is 17.4. The summed E-state index contributed by atoms with van der Waals surface area (Å²) in [7, 11) is 1.66. The molecular formula is C46H81N7O7. The molecule has 2 rings (SSSR count). The Hall–Kier alpha value is -4.49. The van der Waals surface area contributed by atoms with Crippen LogP contribution in [0.15, 0.2) is 37.5 Å². The maximum absolute atomic E-state index is 14.2. The zero-order chi connectivity index (χ0) is 45.8. The third-order valence-electron chi connectivity index (χ3n) is 10.2. The van der Waals surface area contributed by atoms with Crippen molar-refractivity contribution in [2.75, 3.05) is 26.7 Å². The molecule has 2 fully saturated rings. The molecule has 5 atom stereocenters. The number of urea groups is 1. The van der Waals surface area contributed by atoms with Gasteiger partial charge in [0.2, 0.25) is 29.4 Å². The molecule has 1 aliphatic heterocycles. The minimum absolute atomic E-state index is 0.0278. The minimum Gasteiger partial charge on any atom is -0.344 e. The van der Waals surface area contributed by atoms with Gasteiger partial charge in [-0.05, 0) is 84.0 Å². The predicted octanol–water partition coefficient (Wildman–Crippen LogP) is 6.11. The van der Waals surface area contributed by atoms with Crippen LogP contribution in [0.1, 0.15) is 146 Å². The number of ketones is 1. The van der Waals surface area contributed by atoms with Crippen LogP contribution in [-0.2, 0) is 28.8 Å². The first-order chi connectivity index (χ1) is 28.4. The predicted molar refractivity (Wildman–Crippen MR) is 241 cm³/mol. The lowest BCUT2D eigenvalue weighted by atomic mass is 9.83. The monoisotopic (exact) mass is 844 g/mol. The number of likely N-dealkylation sites (N-methyl/N-ethyl adjacent to an activating group) is 1. The van der Waals surface area contributed by atoms with Gasteiger partial charge in [0.1, 0.15) is 18.1 Å². The Morgan fingerprint density at radius 3 is 2.02 bits per heavy atom. The summed E-state index contributed by atoms with van der Waals surface area (Å²) in [6.45, 7) is 23.9. The summed E-state index contributed by atoms with van der Waals surface area (Å²) in [4.78, 5) is 96.9. The molecule has 0 aromatic heterocycles. The van der Waals surface area contributed by atoms with E-state index in [0.29, 0.717) is 32.4 Å². The Balaban J connectivity index is 0.00000664. The molecule has 2 aliphatic rings. The fourth-order valence-corrected chi connectivity index (χ4v) is 7.01. The second-order valence-electron chi connectivity index (χ2n) is 16.9. The molecule has 5 unspecified atom stereocenters. The second kappa shape index (κ2) is 30.5. The molecule has 0 radical (unpaired) electrons. The van der Waals surface area contributed by atoms with Gasteiger partial charge in [-0.3, -0.25) is 28.8 Å². The lowest BCUT2D eigenvalue weighted by Crippen LogP contribution is -2.60. The van der Waals surface area contributed by atoms with E-state index in [1.165, 1.54) is 11.3 Å². The number of nitrogens with one attached hydrogen (secondary N) is 5. The average molecular weight is 844 g/mol. The molecule has 1 saturated carbocycles. The van der Waals surface area contributed by atoms with Gasteiger partial charge in [-0.2, -0.15) is 0 Å². The highest BCUT2D eigenvalue weighted by Crippen LogP contribution is 2.29. The van der Waals surface area contributed by atoms with Gasteiger partial charge in [-0.25, -0.2) is 4.79 Å². The highest BCUT2D eigenvalue weighted by Gasteiger charge is 2.42. The third kappa shape index (κ3) is 21.2. The van der Waals surface area contributed by atoms with E-state index < -0.39 is 65.8 Å². The zero-order valence-corrected chi connectivity index (χ0v) is 38.8. The summed E-state index contributed by atoms with van der Waals surface area (Å²) in [5.74, 6) is -3.81. The number of hydrogen-bond donors (Lipinski definition) is 5. The van der Waals surface area contributed by atoms with Gasteiger partial charge in [0.05, 0.1) is 12.6 Å². The van der Waals surface area contributed by atoms with E-state index in [1.807, 2.05) is 60.6 Å². The van der Waals surface area contributed by atoms with Crippen molar-refractivity contribution >= 4 is 41.4 Å². The van der Waals surface area contributed by atoms with Gasteiger partial charge in [0, 0.05) is 25.7 Å². The van der Waals surface area contributed by atoms with Crippen LogP contribution >= 0.6 is 0 Å². The van der Waals surface area contributed by atoms with Gasteiger partial charge < -0.3 is 36.4 Å². The van der Waals surface area contributed by atoms with E-state index >= 15 is 0 Å². The summed E-state index contributed by atoms with van der Waals surface area (Å²) in [5, 5.41) is 13.6. The van der Waals surface area contributed by atoms with Crippen molar-refractivity contribution in [2.24, 2.45) is 11.8 Å². The number of nitrogens with zero attached hydrogens (tertiary/aromatic N) is 2. The van der Waals surface area contributed by atoms with Crippen molar-refractivity contribution in [3.63, 3.8) is 0 Å². The van der Waals surface area contributed by atoms with Crippen molar-refractivity contribution in [1.82, 2.24) is 36.4 Å². The smallest absolute Gasteiger partial charge is 0.315 e. The fourth-order valence-electron chi connectivity index (χ4n) is 7.01. The number of rotatable bonds is 20. The molecule has 14 nitrogen and oxygen atoms in total. The average Bonchev–Trinajstić information content (AvgIpc) is 3.71. The first-order valence-corrected chi connectivity index (χ1v) is 22.3. The van der Waals surface area contributed by atoms with Crippen LogP contribution in [0.4, 0.5) is 4.79 Å². The maximum Gasteiger partial charge on any atom is 0.315 e. The van der Waals surface area contributed by atoms with E-state index in [1.54, 1.807) is 24.1 Å². The molecule has 0 aromatic carbocycles. The Kier molecular flexibility index (Phi) is 28.2. The summed E-state index contributed by atoms with van der Waals surface area (Å²) >= 11 is 0. The molecule has 60 heavy (non-hydrogen) atoms. The summed E-state index contributed by atoms with van der Waals surface area (Å²) in [6, 6.07) is -4.18. The van der Waals surface area contributed by atoms with Crippen LogP contribution < -0.4 is 26.6 Å². The number of allylic oxidation sites excluding steroid dienone is 3. The largest absolute Gasteiger partial charge is 0.344 e. The van der Waals surface area contributed by atoms with Gasteiger partial charge in [0.15, 0.2) is 0 Å². The van der Waals surface area contributed by atoms with E-state index in [9.17, 15) is 33.6 Å². The molecule has 0 bridgehead atoms. The van der Waals surface area contributed by atoms with Crippen molar-refractivity contribution in [3.8, 4) is 0 Å². The number of carbonyl (C=O) groups excluding carboxylic acids is 7. The van der Waals surface area contributed by atoms with Gasteiger partial charge in [0.25, 0.3) is 5.91 Å². The van der Waals surface area contributed by atoms with Crippen molar-refractivity contribution in [1.29, 1.82) is 0 Å². The molecule has 342 valence electrons. The van der Waals surface area contributed by atoms with Crippen molar-refractivity contribution in [3.05, 3.63) is 37.5 Å². The first-order valence-electron chi connectivity index (χ1n) is 22.3. The lowest BCUT2D eigenvalue weighted by Gasteiger charge is -2.35. The van der Waals surface area contributed by atoms with Crippen LogP contribution in [0.5, 0.6) is 0 Å². The van der Waals surface area contributed by atoms with E-state index in [2.05, 4.69) is 53.6 Å².